The number of carbonyl (C=O) groups is 1. The van der Waals surface area contributed by atoms with Crippen LogP contribution in [-0.2, 0) is 21.4 Å². The Hall–Kier alpha value is -1.83. The largest absolute Gasteiger partial charge is 0.490 e. The van der Waals surface area contributed by atoms with Crippen LogP contribution in [0.4, 0.5) is 8.78 Å². The molecule has 0 unspecified atom stereocenters. The highest BCUT2D eigenvalue weighted by atomic mass is 35.5. The Labute approximate surface area is 207 Å². The van der Waals surface area contributed by atoms with Gasteiger partial charge < -0.3 is 14.8 Å². The van der Waals surface area contributed by atoms with E-state index in [1.165, 1.54) is 6.07 Å². The van der Waals surface area contributed by atoms with E-state index < -0.39 is 17.0 Å². The van der Waals surface area contributed by atoms with Crippen LogP contribution < -0.4 is 10.1 Å². The highest BCUT2D eigenvalue weighted by molar-refractivity contribution is 7.99. The first-order chi connectivity index (χ1) is 16.5. The van der Waals surface area contributed by atoms with Crippen LogP contribution in [0.1, 0.15) is 36.8 Å². The van der Waals surface area contributed by atoms with Gasteiger partial charge in [0.15, 0.2) is 11.6 Å². The average molecular weight is 508 g/mol. The fourth-order valence-electron chi connectivity index (χ4n) is 5.72. The maximum absolute atomic E-state index is 15.3. The lowest BCUT2D eigenvalue weighted by Crippen LogP contribution is -2.55. The zero-order chi connectivity index (χ0) is 23.7. The molecule has 0 radical (unpaired) electrons. The standard InChI is InChI=1S/C26H28ClF2NO3S/c27-17-3-1-16(2-4-17)13-26-10-11-32-22(9-12-34-15-18-5-8-23(31)30-18)19(26)14-33-25-21(29)7-6-20(28)24(25)26/h1-4,6-7,18-19,22H,5,8-15H2,(H,30,31)/t18-,19+,22+,26+/m1/s1. The second-order valence-electron chi connectivity index (χ2n) is 9.44. The van der Waals surface area contributed by atoms with Crippen LogP contribution in [0.5, 0.6) is 5.75 Å². The number of benzene rings is 2. The van der Waals surface area contributed by atoms with Crippen molar-refractivity contribution in [3.63, 3.8) is 0 Å². The minimum absolute atomic E-state index is 0.0391. The Morgan fingerprint density at radius 3 is 2.71 bits per heavy atom. The molecule has 34 heavy (non-hydrogen) atoms. The van der Waals surface area contributed by atoms with Crippen molar-refractivity contribution in [1.82, 2.24) is 5.32 Å². The second kappa shape index (κ2) is 10.0. The summed E-state index contributed by atoms with van der Waals surface area (Å²) in [5.41, 5.74) is 0.742. The molecule has 3 aliphatic heterocycles. The molecule has 2 fully saturated rings. The number of ether oxygens (including phenoxy) is 2. The van der Waals surface area contributed by atoms with E-state index in [2.05, 4.69) is 5.32 Å². The first kappa shape index (κ1) is 23.9. The second-order valence-corrected chi connectivity index (χ2v) is 11.0. The maximum Gasteiger partial charge on any atom is 0.220 e. The minimum atomic E-state index is -0.624. The van der Waals surface area contributed by atoms with E-state index in [1.807, 2.05) is 24.3 Å². The van der Waals surface area contributed by atoms with Gasteiger partial charge in [-0.1, -0.05) is 23.7 Å². The van der Waals surface area contributed by atoms with Crippen LogP contribution >= 0.6 is 23.4 Å². The predicted octanol–water partition coefficient (Wildman–Crippen LogP) is 5.30. The number of halogens is 3. The number of fused-ring (bicyclic) bond motifs is 3. The number of amides is 1. The van der Waals surface area contributed by atoms with Crippen molar-refractivity contribution in [1.29, 1.82) is 0 Å². The quantitative estimate of drug-likeness (QED) is 0.517. The van der Waals surface area contributed by atoms with E-state index >= 15 is 4.39 Å². The lowest BCUT2D eigenvalue weighted by atomic mass is 9.60. The predicted molar refractivity (Wildman–Crippen MR) is 130 cm³/mol. The molecule has 3 aliphatic rings. The SMILES string of the molecule is O=C1CC[C@H](CSCC[C@@H]2OCC[C@@]3(Cc4ccc(Cl)cc4)c4c(F)ccc(F)c4OC[C@@H]23)N1. The summed E-state index contributed by atoms with van der Waals surface area (Å²) in [4.78, 5) is 11.4. The third kappa shape index (κ3) is 4.67. The monoisotopic (exact) mass is 507 g/mol. The highest BCUT2D eigenvalue weighted by Gasteiger charge is 2.53. The van der Waals surface area contributed by atoms with Crippen LogP contribution in [0.15, 0.2) is 36.4 Å². The van der Waals surface area contributed by atoms with Gasteiger partial charge in [0.25, 0.3) is 0 Å². The molecule has 182 valence electrons. The summed E-state index contributed by atoms with van der Waals surface area (Å²) < 4.78 is 42.1. The molecule has 2 aromatic rings. The first-order valence-electron chi connectivity index (χ1n) is 11.8. The third-order valence-corrected chi connectivity index (χ3v) is 8.80. The van der Waals surface area contributed by atoms with Gasteiger partial charge in [-0.3, -0.25) is 4.79 Å². The molecule has 2 saturated heterocycles. The molecule has 1 amide bonds. The van der Waals surface area contributed by atoms with Crippen LogP contribution in [0.25, 0.3) is 0 Å². The molecule has 3 heterocycles. The van der Waals surface area contributed by atoms with Gasteiger partial charge in [-0.2, -0.15) is 11.8 Å². The molecule has 0 spiro atoms. The topological polar surface area (TPSA) is 47.6 Å². The maximum atomic E-state index is 15.3. The van der Waals surface area contributed by atoms with Gasteiger partial charge >= 0.3 is 0 Å². The summed E-state index contributed by atoms with van der Waals surface area (Å²) in [7, 11) is 0. The van der Waals surface area contributed by atoms with Gasteiger partial charge in [0.05, 0.1) is 12.7 Å². The Morgan fingerprint density at radius 2 is 1.94 bits per heavy atom. The average Bonchev–Trinajstić information content (AvgIpc) is 3.25. The Bertz CT molecular complexity index is 1050. The van der Waals surface area contributed by atoms with E-state index in [4.69, 9.17) is 21.1 Å². The Morgan fingerprint density at radius 1 is 1.15 bits per heavy atom. The summed E-state index contributed by atoms with van der Waals surface area (Å²) in [6.45, 7) is 0.766. The van der Waals surface area contributed by atoms with Gasteiger partial charge in [-0.25, -0.2) is 8.78 Å². The highest BCUT2D eigenvalue weighted by Crippen LogP contribution is 2.52. The van der Waals surface area contributed by atoms with Crippen molar-refractivity contribution in [2.45, 2.75) is 49.7 Å². The van der Waals surface area contributed by atoms with Crippen LogP contribution in [0.3, 0.4) is 0 Å². The Balaban J connectivity index is 1.39. The zero-order valence-corrected chi connectivity index (χ0v) is 20.4. The summed E-state index contributed by atoms with van der Waals surface area (Å²) in [6.07, 6.45) is 3.30. The molecule has 0 saturated carbocycles. The molecule has 0 aliphatic carbocycles. The third-order valence-electron chi connectivity index (χ3n) is 7.39. The molecule has 4 nitrogen and oxygen atoms in total. The summed E-state index contributed by atoms with van der Waals surface area (Å²) in [5, 5.41) is 3.64. The van der Waals surface area contributed by atoms with E-state index in [1.54, 1.807) is 11.8 Å². The van der Waals surface area contributed by atoms with Crippen molar-refractivity contribution in [3.05, 3.63) is 64.2 Å². The smallest absolute Gasteiger partial charge is 0.220 e. The van der Waals surface area contributed by atoms with E-state index in [-0.39, 0.29) is 36.3 Å². The number of carbonyl (C=O) groups excluding carboxylic acids is 1. The summed E-state index contributed by atoms with van der Waals surface area (Å²) in [5.74, 6) is 0.844. The van der Waals surface area contributed by atoms with Gasteiger partial charge in [0, 0.05) is 46.7 Å². The van der Waals surface area contributed by atoms with E-state index in [0.717, 1.165) is 36.0 Å². The molecule has 2 aromatic carbocycles. The van der Waals surface area contributed by atoms with Gasteiger partial charge in [0.2, 0.25) is 5.91 Å². The van der Waals surface area contributed by atoms with Crippen molar-refractivity contribution in [2.75, 3.05) is 24.7 Å². The lowest BCUT2D eigenvalue weighted by Gasteiger charge is -2.51. The van der Waals surface area contributed by atoms with E-state index in [9.17, 15) is 9.18 Å². The molecule has 0 bridgehead atoms. The zero-order valence-electron chi connectivity index (χ0n) is 18.8. The normalized spacial score (nSPS) is 28.1. The van der Waals surface area contributed by atoms with Crippen molar-refractivity contribution < 1.29 is 23.0 Å². The van der Waals surface area contributed by atoms with Gasteiger partial charge in [0.1, 0.15) is 5.82 Å². The molecule has 0 aromatic heterocycles. The van der Waals surface area contributed by atoms with Crippen LogP contribution in [0, 0.1) is 17.6 Å². The lowest BCUT2D eigenvalue weighted by molar-refractivity contribution is -0.119. The number of hydrogen-bond acceptors (Lipinski definition) is 4. The number of nitrogens with one attached hydrogen (secondary N) is 1. The minimum Gasteiger partial charge on any atom is -0.490 e. The molecular weight excluding hydrogens is 480 g/mol. The first-order valence-corrected chi connectivity index (χ1v) is 13.3. The van der Waals surface area contributed by atoms with Crippen LogP contribution in [0.2, 0.25) is 5.02 Å². The van der Waals surface area contributed by atoms with Gasteiger partial charge in [-0.15, -0.1) is 0 Å². The molecule has 4 atom stereocenters. The molecule has 8 heteroatoms. The molecule has 5 rings (SSSR count). The number of hydrogen-bond donors (Lipinski definition) is 1. The van der Waals surface area contributed by atoms with Crippen LogP contribution in [-0.4, -0.2) is 42.8 Å². The number of rotatable bonds is 7. The molecular formula is C26H28ClF2NO3S. The van der Waals surface area contributed by atoms with Crippen molar-refractivity contribution in [3.8, 4) is 5.75 Å². The van der Waals surface area contributed by atoms with Crippen molar-refractivity contribution >= 4 is 29.3 Å². The Kier molecular flexibility index (Phi) is 7.05. The van der Waals surface area contributed by atoms with Crippen molar-refractivity contribution in [2.24, 2.45) is 5.92 Å². The molecule has 1 N–H and O–H groups in total. The van der Waals surface area contributed by atoms with Gasteiger partial charge in [-0.05, 0) is 61.3 Å². The number of thioether (sulfide) groups is 1. The fourth-order valence-corrected chi connectivity index (χ4v) is 6.95. The van der Waals surface area contributed by atoms with E-state index in [0.29, 0.717) is 36.5 Å². The summed E-state index contributed by atoms with van der Waals surface area (Å²) >= 11 is 7.89. The fraction of sp³-hybridized carbons (Fsp3) is 0.500. The summed E-state index contributed by atoms with van der Waals surface area (Å²) in [6, 6.07) is 10.2.